The Kier molecular flexibility index (Phi) is 5.67. The summed E-state index contributed by atoms with van der Waals surface area (Å²) in [5.41, 5.74) is 13.6. The predicted molar refractivity (Wildman–Crippen MR) is 104 cm³/mol. The summed E-state index contributed by atoms with van der Waals surface area (Å²) in [7, 11) is 0. The Morgan fingerprint density at radius 1 is 0.583 bits per heavy atom. The first-order valence-corrected chi connectivity index (χ1v) is 10.9. The van der Waals surface area contributed by atoms with E-state index >= 15 is 0 Å². The van der Waals surface area contributed by atoms with E-state index in [2.05, 4.69) is 27.7 Å². The van der Waals surface area contributed by atoms with E-state index in [9.17, 15) is 0 Å². The molecular weight excluding hydrogens is 292 g/mol. The molecule has 0 aromatic rings. The summed E-state index contributed by atoms with van der Waals surface area (Å²) >= 11 is 0. The Hall–Kier alpha value is -0.0800. The lowest BCUT2D eigenvalue weighted by atomic mass is 9.50. The molecule has 3 saturated carbocycles. The van der Waals surface area contributed by atoms with Crippen LogP contribution in [-0.2, 0) is 0 Å². The average Bonchev–Trinajstić information content (AvgIpc) is 2.57. The largest absolute Gasteiger partial charge is 0.327 e. The zero-order chi connectivity index (χ0) is 17.5. The molecule has 3 aliphatic carbocycles. The molecule has 4 N–H and O–H groups in total. The van der Waals surface area contributed by atoms with Gasteiger partial charge in [0.05, 0.1) is 0 Å². The highest BCUT2D eigenvalue weighted by Gasteiger charge is 2.50. The molecular formula is C22H42N2. The maximum Gasteiger partial charge on any atom is 0.00905 e. The molecule has 3 rings (SSSR count). The van der Waals surface area contributed by atoms with Crippen molar-refractivity contribution in [1.82, 2.24) is 0 Å². The lowest BCUT2D eigenvalue weighted by Crippen LogP contribution is -2.52. The van der Waals surface area contributed by atoms with Gasteiger partial charge in [0, 0.05) is 12.1 Å². The van der Waals surface area contributed by atoms with Crippen LogP contribution in [0, 0.1) is 40.9 Å². The molecule has 0 amide bonds. The van der Waals surface area contributed by atoms with Crippen LogP contribution in [0.15, 0.2) is 0 Å². The van der Waals surface area contributed by atoms with Gasteiger partial charge in [0.15, 0.2) is 0 Å². The van der Waals surface area contributed by atoms with Crippen molar-refractivity contribution in [2.24, 2.45) is 52.4 Å². The molecule has 0 aliphatic heterocycles. The third kappa shape index (κ3) is 3.30. The van der Waals surface area contributed by atoms with Gasteiger partial charge in [-0.3, -0.25) is 0 Å². The van der Waals surface area contributed by atoms with Crippen LogP contribution in [0.5, 0.6) is 0 Å². The molecule has 4 unspecified atom stereocenters. The van der Waals surface area contributed by atoms with E-state index in [4.69, 9.17) is 11.5 Å². The topological polar surface area (TPSA) is 52.0 Å². The lowest BCUT2D eigenvalue weighted by Gasteiger charge is -2.56. The fraction of sp³-hybridized carbons (Fsp3) is 1.00. The molecule has 2 heteroatoms. The van der Waals surface area contributed by atoms with Gasteiger partial charge in [-0.2, -0.15) is 0 Å². The molecule has 0 saturated heterocycles. The summed E-state index contributed by atoms with van der Waals surface area (Å²) in [6, 6.07) is 0.832. The molecule has 24 heavy (non-hydrogen) atoms. The summed E-state index contributed by atoms with van der Waals surface area (Å²) in [4.78, 5) is 0. The van der Waals surface area contributed by atoms with Crippen LogP contribution in [-0.4, -0.2) is 12.1 Å². The molecule has 0 heterocycles. The normalized spacial score (nSPS) is 49.8. The SMILES string of the molecule is CC1CC(C2(C3CC(C)C(N)C(C)C3)CCCCC2)CC(C)C1N. The fourth-order valence-corrected chi connectivity index (χ4v) is 7.04. The van der Waals surface area contributed by atoms with Crippen molar-refractivity contribution in [3.05, 3.63) is 0 Å². The second kappa shape index (κ2) is 7.27. The van der Waals surface area contributed by atoms with Crippen LogP contribution in [0.4, 0.5) is 0 Å². The minimum absolute atomic E-state index is 0.416. The lowest BCUT2D eigenvalue weighted by molar-refractivity contribution is -0.0527. The molecule has 4 atom stereocenters. The van der Waals surface area contributed by atoms with Gasteiger partial charge >= 0.3 is 0 Å². The van der Waals surface area contributed by atoms with Gasteiger partial charge in [0.2, 0.25) is 0 Å². The Bertz CT molecular complexity index is 358. The molecule has 140 valence electrons. The Morgan fingerprint density at radius 3 is 1.25 bits per heavy atom. The second-order valence-electron chi connectivity index (χ2n) is 10.2. The molecule has 0 radical (unpaired) electrons. The number of hydrogen-bond acceptors (Lipinski definition) is 2. The van der Waals surface area contributed by atoms with Crippen molar-refractivity contribution in [2.75, 3.05) is 0 Å². The summed E-state index contributed by atoms with van der Waals surface area (Å²) in [6.07, 6.45) is 12.8. The second-order valence-corrected chi connectivity index (χ2v) is 10.2. The predicted octanol–water partition coefficient (Wildman–Crippen LogP) is 4.96. The van der Waals surface area contributed by atoms with Gasteiger partial charge < -0.3 is 11.5 Å². The molecule has 3 fully saturated rings. The molecule has 0 spiro atoms. The maximum atomic E-state index is 6.48. The number of nitrogens with two attached hydrogens (primary N) is 2. The highest BCUT2D eigenvalue weighted by molar-refractivity contribution is 5.02. The molecule has 2 nitrogen and oxygen atoms in total. The Labute approximate surface area is 150 Å². The highest BCUT2D eigenvalue weighted by atomic mass is 14.7. The first-order chi connectivity index (χ1) is 11.3. The van der Waals surface area contributed by atoms with Gasteiger partial charge in [0.1, 0.15) is 0 Å². The van der Waals surface area contributed by atoms with E-state index in [1.54, 1.807) is 0 Å². The zero-order valence-electron chi connectivity index (χ0n) is 16.6. The fourth-order valence-electron chi connectivity index (χ4n) is 7.04. The highest BCUT2D eigenvalue weighted by Crippen LogP contribution is 2.58. The van der Waals surface area contributed by atoms with Gasteiger partial charge in [0.25, 0.3) is 0 Å². The van der Waals surface area contributed by atoms with Crippen LogP contribution < -0.4 is 11.5 Å². The van der Waals surface area contributed by atoms with Crippen molar-refractivity contribution in [3.63, 3.8) is 0 Å². The van der Waals surface area contributed by atoms with E-state index in [1.807, 2.05) is 0 Å². The summed E-state index contributed by atoms with van der Waals surface area (Å²) in [5, 5.41) is 0. The van der Waals surface area contributed by atoms with Gasteiger partial charge in [-0.1, -0.05) is 47.0 Å². The minimum Gasteiger partial charge on any atom is -0.327 e. The average molecular weight is 335 g/mol. The van der Waals surface area contributed by atoms with E-state index < -0.39 is 0 Å². The quantitative estimate of drug-likeness (QED) is 0.750. The summed E-state index contributed by atoms with van der Waals surface area (Å²) < 4.78 is 0. The number of rotatable bonds is 2. The van der Waals surface area contributed by atoms with Crippen molar-refractivity contribution in [1.29, 1.82) is 0 Å². The smallest absolute Gasteiger partial charge is 0.00905 e. The van der Waals surface area contributed by atoms with Crippen molar-refractivity contribution >= 4 is 0 Å². The third-order valence-electron chi connectivity index (χ3n) is 8.66. The summed E-state index contributed by atoms with van der Waals surface area (Å²) in [5.74, 6) is 4.58. The monoisotopic (exact) mass is 334 g/mol. The minimum atomic E-state index is 0.416. The molecule has 3 aliphatic rings. The van der Waals surface area contributed by atoms with Crippen LogP contribution >= 0.6 is 0 Å². The first-order valence-electron chi connectivity index (χ1n) is 10.9. The van der Waals surface area contributed by atoms with Crippen LogP contribution in [0.2, 0.25) is 0 Å². The maximum absolute atomic E-state index is 6.48. The van der Waals surface area contributed by atoms with Crippen LogP contribution in [0.1, 0.15) is 85.5 Å². The zero-order valence-corrected chi connectivity index (χ0v) is 16.6. The standard InChI is InChI=1S/C22H42N2/c1-14-10-18(11-15(2)20(14)23)22(8-6-5-7-9-22)19-12-16(3)21(24)17(4)13-19/h14-21H,5-13,23-24H2,1-4H3. The van der Waals surface area contributed by atoms with Crippen molar-refractivity contribution in [2.45, 2.75) is 97.6 Å². The Balaban J connectivity index is 1.85. The van der Waals surface area contributed by atoms with Gasteiger partial charge in [-0.15, -0.1) is 0 Å². The van der Waals surface area contributed by atoms with Crippen molar-refractivity contribution in [3.8, 4) is 0 Å². The number of hydrogen-bond donors (Lipinski definition) is 2. The first kappa shape index (κ1) is 18.7. The third-order valence-corrected chi connectivity index (χ3v) is 8.66. The van der Waals surface area contributed by atoms with Gasteiger partial charge in [-0.05, 0) is 79.4 Å². The van der Waals surface area contributed by atoms with Crippen LogP contribution in [0.3, 0.4) is 0 Å². The Morgan fingerprint density at radius 2 is 0.917 bits per heavy atom. The van der Waals surface area contributed by atoms with E-state index in [0.29, 0.717) is 41.2 Å². The van der Waals surface area contributed by atoms with Gasteiger partial charge in [-0.25, -0.2) is 0 Å². The van der Waals surface area contributed by atoms with Crippen molar-refractivity contribution < 1.29 is 0 Å². The molecule has 0 bridgehead atoms. The summed E-state index contributed by atoms with van der Waals surface area (Å²) in [6.45, 7) is 9.63. The van der Waals surface area contributed by atoms with Crippen LogP contribution in [0.25, 0.3) is 0 Å². The van der Waals surface area contributed by atoms with E-state index in [-0.39, 0.29) is 0 Å². The molecule has 0 aromatic heterocycles. The van der Waals surface area contributed by atoms with E-state index in [1.165, 1.54) is 57.8 Å². The van der Waals surface area contributed by atoms with E-state index in [0.717, 1.165) is 11.8 Å². The molecule has 0 aromatic carbocycles.